The highest BCUT2D eigenvalue weighted by Crippen LogP contribution is 2.55. The van der Waals surface area contributed by atoms with Gasteiger partial charge >= 0.3 is 0 Å². The zero-order chi connectivity index (χ0) is 12.9. The molecule has 3 rings (SSSR count). The molecule has 2 aliphatic rings. The third-order valence-electron chi connectivity index (χ3n) is 5.51. The molecule has 0 amide bonds. The van der Waals surface area contributed by atoms with E-state index in [9.17, 15) is 0 Å². The van der Waals surface area contributed by atoms with Gasteiger partial charge in [-0.15, -0.1) is 0 Å². The maximum absolute atomic E-state index is 6.42. The number of nitrogen functional groups attached to an aromatic ring is 1. The van der Waals surface area contributed by atoms with Crippen molar-refractivity contribution in [1.29, 1.82) is 0 Å². The monoisotopic (exact) mass is 243 g/mol. The maximum atomic E-state index is 6.42. The van der Waals surface area contributed by atoms with Crippen molar-refractivity contribution in [2.75, 3.05) is 5.73 Å². The average molecular weight is 243 g/mol. The van der Waals surface area contributed by atoms with Gasteiger partial charge in [-0.2, -0.15) is 0 Å². The number of hydrogen-bond acceptors (Lipinski definition) is 1. The van der Waals surface area contributed by atoms with Crippen LogP contribution in [-0.4, -0.2) is 0 Å². The van der Waals surface area contributed by atoms with E-state index in [4.69, 9.17) is 5.73 Å². The van der Waals surface area contributed by atoms with Crippen LogP contribution in [0.3, 0.4) is 0 Å². The number of rotatable bonds is 0. The molecule has 0 radical (unpaired) electrons. The summed E-state index contributed by atoms with van der Waals surface area (Å²) in [5, 5.41) is 0. The SMILES string of the molecule is Cc1cc2c(c(N)c1C)C(C)CC21CCCCC1. The van der Waals surface area contributed by atoms with Gasteiger partial charge < -0.3 is 5.73 Å². The number of anilines is 1. The summed E-state index contributed by atoms with van der Waals surface area (Å²) < 4.78 is 0. The molecule has 0 bridgehead atoms. The molecule has 1 unspecified atom stereocenters. The predicted octanol–water partition coefficient (Wildman–Crippen LogP) is 4.59. The van der Waals surface area contributed by atoms with Gasteiger partial charge in [-0.05, 0) is 66.7 Å². The Morgan fingerprint density at radius 1 is 1.17 bits per heavy atom. The van der Waals surface area contributed by atoms with Gasteiger partial charge in [0.15, 0.2) is 0 Å². The Morgan fingerprint density at radius 2 is 1.83 bits per heavy atom. The minimum absolute atomic E-state index is 0.472. The second-order valence-corrected chi connectivity index (χ2v) is 6.64. The van der Waals surface area contributed by atoms with Crippen LogP contribution in [0.4, 0.5) is 5.69 Å². The van der Waals surface area contributed by atoms with Crippen LogP contribution in [0.15, 0.2) is 6.07 Å². The molecule has 1 nitrogen and oxygen atoms in total. The quantitative estimate of drug-likeness (QED) is 0.662. The normalized spacial score (nSPS) is 25.4. The van der Waals surface area contributed by atoms with E-state index >= 15 is 0 Å². The molecular formula is C17H25N. The molecule has 1 heteroatoms. The highest BCUT2D eigenvalue weighted by Gasteiger charge is 2.43. The van der Waals surface area contributed by atoms with Crippen molar-refractivity contribution < 1.29 is 0 Å². The van der Waals surface area contributed by atoms with Gasteiger partial charge in [-0.1, -0.05) is 32.3 Å². The summed E-state index contributed by atoms with van der Waals surface area (Å²) >= 11 is 0. The number of aryl methyl sites for hydroxylation is 1. The van der Waals surface area contributed by atoms with Crippen molar-refractivity contribution in [3.05, 3.63) is 28.3 Å². The molecule has 1 aromatic carbocycles. The van der Waals surface area contributed by atoms with E-state index in [0.29, 0.717) is 11.3 Å². The van der Waals surface area contributed by atoms with E-state index in [1.807, 2.05) is 0 Å². The molecule has 1 saturated carbocycles. The van der Waals surface area contributed by atoms with E-state index < -0.39 is 0 Å². The summed E-state index contributed by atoms with van der Waals surface area (Å²) in [5.74, 6) is 0.650. The molecule has 2 aliphatic carbocycles. The first-order valence-corrected chi connectivity index (χ1v) is 7.45. The third-order valence-corrected chi connectivity index (χ3v) is 5.51. The number of benzene rings is 1. The first kappa shape index (κ1) is 12.1. The number of fused-ring (bicyclic) bond motifs is 2. The molecule has 0 heterocycles. The van der Waals surface area contributed by atoms with Gasteiger partial charge in [0, 0.05) is 5.69 Å². The fraction of sp³-hybridized carbons (Fsp3) is 0.647. The Hall–Kier alpha value is -0.980. The number of nitrogens with two attached hydrogens (primary N) is 1. The van der Waals surface area contributed by atoms with Crippen molar-refractivity contribution in [2.24, 2.45) is 0 Å². The molecule has 18 heavy (non-hydrogen) atoms. The summed E-state index contributed by atoms with van der Waals surface area (Å²) in [6.45, 7) is 6.75. The first-order chi connectivity index (χ1) is 8.55. The smallest absolute Gasteiger partial charge is 0.0384 e. The second-order valence-electron chi connectivity index (χ2n) is 6.64. The Kier molecular flexibility index (Phi) is 2.69. The Labute approximate surface area is 111 Å². The molecule has 2 N–H and O–H groups in total. The molecule has 1 fully saturated rings. The topological polar surface area (TPSA) is 26.0 Å². The van der Waals surface area contributed by atoms with Crippen LogP contribution in [0.1, 0.15) is 73.6 Å². The number of hydrogen-bond donors (Lipinski definition) is 1. The predicted molar refractivity (Wildman–Crippen MR) is 78.1 cm³/mol. The molecule has 0 aliphatic heterocycles. The first-order valence-electron chi connectivity index (χ1n) is 7.45. The van der Waals surface area contributed by atoms with Crippen LogP contribution < -0.4 is 5.73 Å². The van der Waals surface area contributed by atoms with Gasteiger partial charge in [0.1, 0.15) is 0 Å². The maximum Gasteiger partial charge on any atom is 0.0384 e. The molecule has 98 valence electrons. The molecule has 1 aromatic rings. The Morgan fingerprint density at radius 3 is 2.50 bits per heavy atom. The Bertz CT molecular complexity index is 481. The standard InChI is InChI=1S/C17H25N/c1-11-9-14-15(16(18)13(11)3)12(2)10-17(14)7-5-4-6-8-17/h9,12H,4-8,10,18H2,1-3H3. The molecular weight excluding hydrogens is 218 g/mol. The van der Waals surface area contributed by atoms with E-state index in [1.165, 1.54) is 55.2 Å². The van der Waals surface area contributed by atoms with E-state index in [-0.39, 0.29) is 0 Å². The van der Waals surface area contributed by atoms with Crippen LogP contribution in [0.2, 0.25) is 0 Å². The minimum Gasteiger partial charge on any atom is -0.398 e. The van der Waals surface area contributed by atoms with Crippen molar-refractivity contribution in [3.63, 3.8) is 0 Å². The van der Waals surface area contributed by atoms with E-state index in [0.717, 1.165) is 5.69 Å². The summed E-state index contributed by atoms with van der Waals surface area (Å²) in [5.41, 5.74) is 13.7. The summed E-state index contributed by atoms with van der Waals surface area (Å²) in [4.78, 5) is 0. The summed E-state index contributed by atoms with van der Waals surface area (Å²) in [6, 6.07) is 2.45. The van der Waals surface area contributed by atoms with Crippen molar-refractivity contribution >= 4 is 5.69 Å². The lowest BCUT2D eigenvalue weighted by molar-refractivity contribution is 0.282. The lowest BCUT2D eigenvalue weighted by Gasteiger charge is -2.35. The fourth-order valence-corrected chi connectivity index (χ4v) is 4.43. The molecule has 0 saturated heterocycles. The Balaban J connectivity index is 2.18. The second kappa shape index (κ2) is 4.01. The highest BCUT2D eigenvalue weighted by atomic mass is 14.6. The lowest BCUT2D eigenvalue weighted by Crippen LogP contribution is -2.26. The fourth-order valence-electron chi connectivity index (χ4n) is 4.43. The molecule has 0 aromatic heterocycles. The van der Waals surface area contributed by atoms with Gasteiger partial charge in [0.25, 0.3) is 0 Å². The van der Waals surface area contributed by atoms with Gasteiger partial charge in [-0.25, -0.2) is 0 Å². The minimum atomic E-state index is 0.472. The molecule has 1 spiro atoms. The van der Waals surface area contributed by atoms with Crippen LogP contribution in [0.25, 0.3) is 0 Å². The van der Waals surface area contributed by atoms with E-state index in [1.54, 1.807) is 5.56 Å². The van der Waals surface area contributed by atoms with E-state index in [2.05, 4.69) is 26.8 Å². The van der Waals surface area contributed by atoms with Crippen LogP contribution in [0.5, 0.6) is 0 Å². The summed E-state index contributed by atoms with van der Waals surface area (Å²) in [6.07, 6.45) is 8.32. The average Bonchev–Trinajstić information content (AvgIpc) is 2.60. The summed E-state index contributed by atoms with van der Waals surface area (Å²) in [7, 11) is 0. The molecule has 1 atom stereocenters. The van der Waals surface area contributed by atoms with Gasteiger partial charge in [-0.3, -0.25) is 0 Å². The third kappa shape index (κ3) is 1.52. The zero-order valence-corrected chi connectivity index (χ0v) is 12.0. The van der Waals surface area contributed by atoms with Gasteiger partial charge in [0.2, 0.25) is 0 Å². The lowest BCUT2D eigenvalue weighted by atomic mass is 9.69. The van der Waals surface area contributed by atoms with Crippen molar-refractivity contribution in [2.45, 2.75) is 70.6 Å². The van der Waals surface area contributed by atoms with Crippen molar-refractivity contribution in [1.82, 2.24) is 0 Å². The van der Waals surface area contributed by atoms with Gasteiger partial charge in [0.05, 0.1) is 0 Å². The zero-order valence-electron chi connectivity index (χ0n) is 12.0. The van der Waals surface area contributed by atoms with Crippen LogP contribution >= 0.6 is 0 Å². The van der Waals surface area contributed by atoms with Crippen molar-refractivity contribution in [3.8, 4) is 0 Å². The largest absolute Gasteiger partial charge is 0.398 e. The van der Waals surface area contributed by atoms with Crippen LogP contribution in [-0.2, 0) is 5.41 Å². The highest BCUT2D eigenvalue weighted by molar-refractivity contribution is 5.64. The van der Waals surface area contributed by atoms with Crippen LogP contribution in [0, 0.1) is 13.8 Å².